The van der Waals surface area contributed by atoms with Gasteiger partial charge in [-0.1, -0.05) is 6.08 Å². The molecule has 0 unspecified atom stereocenters. The summed E-state index contributed by atoms with van der Waals surface area (Å²) in [6, 6.07) is 0. The number of allylic oxidation sites excluding steroid dienone is 1. The quantitative estimate of drug-likeness (QED) is 0.557. The van der Waals surface area contributed by atoms with Gasteiger partial charge in [0.2, 0.25) is 0 Å². The second-order valence-corrected chi connectivity index (χ2v) is 2.11. The largest absolute Gasteiger partial charge is 0.481 e. The number of hydrogen-bond donors (Lipinski definition) is 2. The number of aliphatic carboxylic acids is 1. The lowest BCUT2D eigenvalue weighted by Crippen LogP contribution is -2.06. The van der Waals surface area contributed by atoms with E-state index in [1.165, 1.54) is 0 Å². The Balaban J connectivity index is 3.59. The Morgan fingerprint density at radius 1 is 1.70 bits per heavy atom. The molecular weight excluding hydrogens is 132 g/mol. The maximum absolute atomic E-state index is 10.1. The van der Waals surface area contributed by atoms with E-state index in [0.717, 1.165) is 0 Å². The van der Waals surface area contributed by atoms with Gasteiger partial charge < -0.3 is 10.2 Å². The summed E-state index contributed by atoms with van der Waals surface area (Å²) in [5.74, 6) is -0.944. The predicted octanol–water partition coefficient (Wildman–Crippen LogP) is 0.646. The van der Waals surface area contributed by atoms with E-state index < -0.39 is 5.97 Å². The van der Waals surface area contributed by atoms with E-state index in [-0.39, 0.29) is 18.9 Å². The minimum Gasteiger partial charge on any atom is -0.481 e. The lowest BCUT2D eigenvalue weighted by molar-refractivity contribution is -0.137. The molecule has 0 aliphatic rings. The number of hydrogen-bond acceptors (Lipinski definition) is 2. The minimum absolute atomic E-state index is 0.0178. The van der Waals surface area contributed by atoms with Gasteiger partial charge in [-0.05, 0) is 12.3 Å². The molecule has 0 heterocycles. The number of aliphatic hydroxyl groups excluding tert-OH is 1. The molecule has 58 valence electrons. The van der Waals surface area contributed by atoms with Crippen molar-refractivity contribution in [1.82, 2.24) is 0 Å². The summed E-state index contributed by atoms with van der Waals surface area (Å²) in [4.78, 5) is 10.1. The normalized spacial score (nSPS) is 12.5. The van der Waals surface area contributed by atoms with Crippen molar-refractivity contribution in [2.75, 3.05) is 6.61 Å². The fraction of sp³-hybridized carbons (Fsp3) is 0.571. The van der Waals surface area contributed by atoms with E-state index in [1.54, 1.807) is 6.08 Å². The van der Waals surface area contributed by atoms with Gasteiger partial charge in [0, 0.05) is 6.61 Å². The van der Waals surface area contributed by atoms with Crippen LogP contribution in [-0.4, -0.2) is 22.8 Å². The van der Waals surface area contributed by atoms with Gasteiger partial charge in [0.25, 0.3) is 0 Å². The van der Waals surface area contributed by atoms with E-state index in [0.29, 0.717) is 6.42 Å². The fourth-order valence-electron chi connectivity index (χ4n) is 0.693. The average Bonchev–Trinajstić information content (AvgIpc) is 1.86. The van der Waals surface area contributed by atoms with E-state index >= 15 is 0 Å². The highest BCUT2D eigenvalue weighted by atomic mass is 16.4. The zero-order valence-electron chi connectivity index (χ0n) is 5.79. The maximum atomic E-state index is 10.1. The molecule has 0 fully saturated rings. The van der Waals surface area contributed by atoms with Crippen molar-refractivity contribution in [2.45, 2.75) is 12.8 Å². The van der Waals surface area contributed by atoms with Crippen molar-refractivity contribution in [3.05, 3.63) is 12.7 Å². The summed E-state index contributed by atoms with van der Waals surface area (Å²) in [5.41, 5.74) is 0. The summed E-state index contributed by atoms with van der Waals surface area (Å²) < 4.78 is 0. The van der Waals surface area contributed by atoms with Crippen molar-refractivity contribution in [2.24, 2.45) is 5.92 Å². The highest BCUT2D eigenvalue weighted by molar-refractivity contribution is 5.67. The Hall–Kier alpha value is -0.830. The topological polar surface area (TPSA) is 57.5 Å². The molecule has 0 aromatic rings. The van der Waals surface area contributed by atoms with Crippen molar-refractivity contribution < 1.29 is 15.0 Å². The second kappa shape index (κ2) is 4.99. The van der Waals surface area contributed by atoms with Gasteiger partial charge in [0.05, 0.1) is 6.42 Å². The summed E-state index contributed by atoms with van der Waals surface area (Å²) in [6.07, 6.45) is 2.10. The maximum Gasteiger partial charge on any atom is 0.303 e. The third kappa shape index (κ3) is 4.09. The predicted molar refractivity (Wildman–Crippen MR) is 37.6 cm³/mol. The molecule has 3 heteroatoms. The van der Waals surface area contributed by atoms with Crippen LogP contribution in [0.2, 0.25) is 0 Å². The van der Waals surface area contributed by atoms with Crippen molar-refractivity contribution in [3.8, 4) is 0 Å². The molecule has 3 nitrogen and oxygen atoms in total. The molecule has 1 atom stereocenters. The average molecular weight is 144 g/mol. The highest BCUT2D eigenvalue weighted by Gasteiger charge is 2.07. The van der Waals surface area contributed by atoms with Gasteiger partial charge in [-0.15, -0.1) is 6.58 Å². The molecule has 0 aliphatic heterocycles. The van der Waals surface area contributed by atoms with Gasteiger partial charge in [-0.3, -0.25) is 4.79 Å². The molecule has 10 heavy (non-hydrogen) atoms. The molecule has 0 bridgehead atoms. The first-order valence-corrected chi connectivity index (χ1v) is 3.16. The standard InChI is InChI=1S/C7H12O3/c1-2-6(3-4-8)5-7(9)10/h2,6,8H,1,3-5H2,(H,9,10)/t6-/m1/s1. The molecule has 0 aliphatic carbocycles. The molecule has 0 rings (SSSR count). The van der Waals surface area contributed by atoms with Crippen LogP contribution in [0.15, 0.2) is 12.7 Å². The number of carbonyl (C=O) groups is 1. The summed E-state index contributed by atoms with van der Waals surface area (Å²) in [5, 5.41) is 16.8. The van der Waals surface area contributed by atoms with Crippen LogP contribution < -0.4 is 0 Å². The number of aliphatic hydroxyl groups is 1. The number of carboxylic acid groups (broad SMARTS) is 1. The molecule has 0 aromatic heterocycles. The van der Waals surface area contributed by atoms with Crippen LogP contribution in [0, 0.1) is 5.92 Å². The van der Waals surface area contributed by atoms with Gasteiger partial charge in [0.15, 0.2) is 0 Å². The van der Waals surface area contributed by atoms with Gasteiger partial charge in [0.1, 0.15) is 0 Å². The minimum atomic E-state index is -0.849. The summed E-state index contributed by atoms with van der Waals surface area (Å²) in [6.45, 7) is 3.48. The first-order chi connectivity index (χ1) is 4.70. The van der Waals surface area contributed by atoms with Gasteiger partial charge in [-0.25, -0.2) is 0 Å². The zero-order chi connectivity index (χ0) is 7.98. The molecule has 0 amide bonds. The summed E-state index contributed by atoms with van der Waals surface area (Å²) in [7, 11) is 0. The van der Waals surface area contributed by atoms with E-state index in [9.17, 15) is 4.79 Å². The molecule has 0 saturated carbocycles. The second-order valence-electron chi connectivity index (χ2n) is 2.11. The summed E-state index contributed by atoms with van der Waals surface area (Å²) >= 11 is 0. The SMILES string of the molecule is C=C[C@H](CCO)CC(=O)O. The van der Waals surface area contributed by atoms with Crippen molar-refractivity contribution in [1.29, 1.82) is 0 Å². The van der Waals surface area contributed by atoms with Crippen LogP contribution in [-0.2, 0) is 4.79 Å². The number of rotatable bonds is 5. The lowest BCUT2D eigenvalue weighted by Gasteiger charge is -2.05. The van der Waals surface area contributed by atoms with E-state index in [2.05, 4.69) is 6.58 Å². The van der Waals surface area contributed by atoms with E-state index in [4.69, 9.17) is 10.2 Å². The first-order valence-electron chi connectivity index (χ1n) is 3.16. The molecule has 2 N–H and O–H groups in total. The number of carboxylic acids is 1. The molecule has 0 saturated heterocycles. The Kier molecular flexibility index (Phi) is 4.58. The molecule has 0 radical (unpaired) electrons. The van der Waals surface area contributed by atoms with Crippen molar-refractivity contribution >= 4 is 5.97 Å². The smallest absolute Gasteiger partial charge is 0.303 e. The van der Waals surface area contributed by atoms with Crippen LogP contribution in [0.1, 0.15) is 12.8 Å². The van der Waals surface area contributed by atoms with Gasteiger partial charge >= 0.3 is 5.97 Å². The monoisotopic (exact) mass is 144 g/mol. The Morgan fingerprint density at radius 3 is 2.60 bits per heavy atom. The Bertz CT molecular complexity index is 120. The van der Waals surface area contributed by atoms with Crippen LogP contribution in [0.4, 0.5) is 0 Å². The Morgan fingerprint density at radius 2 is 2.30 bits per heavy atom. The fourth-order valence-corrected chi connectivity index (χ4v) is 0.693. The molecule has 0 spiro atoms. The highest BCUT2D eigenvalue weighted by Crippen LogP contribution is 2.08. The van der Waals surface area contributed by atoms with Crippen molar-refractivity contribution in [3.63, 3.8) is 0 Å². The van der Waals surface area contributed by atoms with Crippen LogP contribution in [0.5, 0.6) is 0 Å². The van der Waals surface area contributed by atoms with E-state index in [1.807, 2.05) is 0 Å². The third-order valence-electron chi connectivity index (χ3n) is 1.27. The van der Waals surface area contributed by atoms with Crippen LogP contribution in [0.25, 0.3) is 0 Å². The molecular formula is C7H12O3. The van der Waals surface area contributed by atoms with Crippen LogP contribution >= 0.6 is 0 Å². The first kappa shape index (κ1) is 9.17. The zero-order valence-corrected chi connectivity index (χ0v) is 5.79. The third-order valence-corrected chi connectivity index (χ3v) is 1.27. The van der Waals surface area contributed by atoms with Gasteiger partial charge in [-0.2, -0.15) is 0 Å². The molecule has 0 aromatic carbocycles. The lowest BCUT2D eigenvalue weighted by atomic mass is 10.0. The van der Waals surface area contributed by atoms with Crippen LogP contribution in [0.3, 0.4) is 0 Å². The Labute approximate surface area is 60.0 Å².